The third-order valence-electron chi connectivity index (χ3n) is 14.3. The van der Waals surface area contributed by atoms with E-state index in [1.54, 1.807) is 0 Å². The van der Waals surface area contributed by atoms with Gasteiger partial charge in [-0.25, -0.2) is 0 Å². The van der Waals surface area contributed by atoms with Crippen LogP contribution in [0.5, 0.6) is 0 Å². The van der Waals surface area contributed by atoms with E-state index < -0.39 is 5.41 Å². The Labute approximate surface area is 397 Å². The van der Waals surface area contributed by atoms with Gasteiger partial charge in [0.05, 0.1) is 11.1 Å². The molecule has 1 heteroatoms. The zero-order valence-electron chi connectivity index (χ0n) is 37.4. The number of benzene rings is 12. The normalized spacial score (nSPS) is 12.5. The highest BCUT2D eigenvalue weighted by atomic mass is 15.1. The summed E-state index contributed by atoms with van der Waals surface area (Å²) >= 11 is 0. The van der Waals surface area contributed by atoms with Crippen LogP contribution in [0.3, 0.4) is 0 Å². The maximum absolute atomic E-state index is 2.47. The molecule has 12 aromatic carbocycles. The fourth-order valence-electron chi connectivity index (χ4n) is 11.3. The number of hydrogen-bond donors (Lipinski definition) is 0. The maximum Gasteiger partial charge on any atom is 0.0714 e. The lowest BCUT2D eigenvalue weighted by Gasteiger charge is -2.34. The highest BCUT2D eigenvalue weighted by Gasteiger charge is 2.47. The topological polar surface area (TPSA) is 3.24 Å². The number of anilines is 3. The number of fused-ring (bicyclic) bond motifs is 7. The molecule has 0 saturated carbocycles. The van der Waals surface area contributed by atoms with Crippen molar-refractivity contribution >= 4 is 49.4 Å². The molecule has 1 aliphatic carbocycles. The van der Waals surface area contributed by atoms with E-state index in [1.165, 1.54) is 99.1 Å². The number of nitrogens with zero attached hydrogens (tertiary/aromatic N) is 1. The predicted octanol–water partition coefficient (Wildman–Crippen LogP) is 18.0. The van der Waals surface area contributed by atoms with E-state index in [1.807, 2.05) is 0 Å². The fourth-order valence-corrected chi connectivity index (χ4v) is 11.3. The molecule has 0 spiro atoms. The first-order valence-corrected chi connectivity index (χ1v) is 23.6. The second-order valence-corrected chi connectivity index (χ2v) is 18.0. The van der Waals surface area contributed by atoms with Crippen molar-refractivity contribution in [3.8, 4) is 44.5 Å². The van der Waals surface area contributed by atoms with Gasteiger partial charge in [0.25, 0.3) is 0 Å². The van der Waals surface area contributed by atoms with Gasteiger partial charge in [0.1, 0.15) is 0 Å². The van der Waals surface area contributed by atoms with Gasteiger partial charge in [0.2, 0.25) is 0 Å². The van der Waals surface area contributed by atoms with Gasteiger partial charge in [-0.1, -0.05) is 231 Å². The van der Waals surface area contributed by atoms with Crippen molar-refractivity contribution in [2.75, 3.05) is 4.90 Å². The molecule has 0 aliphatic heterocycles. The van der Waals surface area contributed by atoms with Crippen molar-refractivity contribution in [2.45, 2.75) is 5.41 Å². The molecular weight excluding hydrogens is 819 g/mol. The number of hydrogen-bond acceptors (Lipinski definition) is 1. The minimum absolute atomic E-state index is 0.518. The van der Waals surface area contributed by atoms with Gasteiger partial charge in [-0.3, -0.25) is 0 Å². The standard InChI is InChI=1S/C67H45N/c1-3-23-52(24-4-1)67(53-25-5-2-6-26-53)63-33-14-13-31-61(63)66-64(67)34-17-35-65(66)68(55-42-38-48(39-43-55)62-45-51-19-8-10-28-58(51)59-29-11-12-30-60(59)62)54-40-36-46(37-41-54)49-21-15-22-50(44-49)57-32-16-20-47-18-7-9-27-56(47)57/h1-45H. The van der Waals surface area contributed by atoms with Crippen LogP contribution in [0.15, 0.2) is 273 Å². The van der Waals surface area contributed by atoms with E-state index in [-0.39, 0.29) is 0 Å². The van der Waals surface area contributed by atoms with Gasteiger partial charge >= 0.3 is 0 Å². The Morgan fingerprint density at radius 3 is 1.51 bits per heavy atom. The molecular formula is C67H45N. The maximum atomic E-state index is 2.47. The summed E-state index contributed by atoms with van der Waals surface area (Å²) in [5.41, 5.74) is 17.6. The van der Waals surface area contributed by atoms with Crippen molar-refractivity contribution < 1.29 is 0 Å². The number of rotatable bonds is 8. The molecule has 0 amide bonds. The van der Waals surface area contributed by atoms with Crippen LogP contribution < -0.4 is 4.90 Å². The third-order valence-corrected chi connectivity index (χ3v) is 14.3. The molecule has 68 heavy (non-hydrogen) atoms. The summed E-state index contributed by atoms with van der Waals surface area (Å²) < 4.78 is 0. The molecule has 1 aliphatic rings. The summed E-state index contributed by atoms with van der Waals surface area (Å²) in [5, 5.41) is 7.56. The monoisotopic (exact) mass is 863 g/mol. The average Bonchev–Trinajstić information content (AvgIpc) is 3.73. The van der Waals surface area contributed by atoms with Gasteiger partial charge in [-0.15, -0.1) is 0 Å². The predicted molar refractivity (Wildman–Crippen MR) is 287 cm³/mol. The second kappa shape index (κ2) is 16.3. The van der Waals surface area contributed by atoms with E-state index >= 15 is 0 Å². The van der Waals surface area contributed by atoms with Crippen LogP contribution in [-0.4, -0.2) is 0 Å². The second-order valence-electron chi connectivity index (χ2n) is 18.0. The molecule has 0 N–H and O–H groups in total. The van der Waals surface area contributed by atoms with E-state index in [0.717, 1.165) is 17.1 Å². The zero-order chi connectivity index (χ0) is 45.0. The summed E-state index contributed by atoms with van der Waals surface area (Å²) in [6.07, 6.45) is 0. The Kier molecular flexibility index (Phi) is 9.47. The fraction of sp³-hybridized carbons (Fsp3) is 0.0149. The SMILES string of the molecule is c1ccc(C2(c3ccccc3)c3ccccc3-c3c(N(c4ccc(-c5cccc(-c6cccc7ccccc67)c5)cc4)c4ccc(-c5cc6ccccc6c6ccccc56)cc4)cccc32)cc1. The molecule has 0 unspecified atom stereocenters. The van der Waals surface area contributed by atoms with Gasteiger partial charge in [0, 0.05) is 16.9 Å². The summed E-state index contributed by atoms with van der Waals surface area (Å²) in [6, 6.07) is 101. The van der Waals surface area contributed by atoms with Gasteiger partial charge in [-0.05, 0) is 136 Å². The highest BCUT2D eigenvalue weighted by molar-refractivity contribution is 6.14. The summed E-state index contributed by atoms with van der Waals surface area (Å²) in [5.74, 6) is 0. The first-order chi connectivity index (χ1) is 33.7. The minimum Gasteiger partial charge on any atom is -0.310 e. The van der Waals surface area contributed by atoms with Crippen LogP contribution in [0.4, 0.5) is 17.1 Å². The van der Waals surface area contributed by atoms with Crippen LogP contribution in [0.2, 0.25) is 0 Å². The molecule has 12 aromatic rings. The van der Waals surface area contributed by atoms with Crippen molar-refractivity contribution in [1.82, 2.24) is 0 Å². The van der Waals surface area contributed by atoms with Crippen LogP contribution in [-0.2, 0) is 5.41 Å². The summed E-state index contributed by atoms with van der Waals surface area (Å²) in [6.45, 7) is 0. The van der Waals surface area contributed by atoms with Crippen molar-refractivity contribution in [3.05, 3.63) is 295 Å². The molecule has 0 bridgehead atoms. The summed E-state index contributed by atoms with van der Waals surface area (Å²) in [7, 11) is 0. The first-order valence-electron chi connectivity index (χ1n) is 23.6. The van der Waals surface area contributed by atoms with E-state index in [4.69, 9.17) is 0 Å². The Morgan fingerprint density at radius 2 is 0.779 bits per heavy atom. The average molecular weight is 864 g/mol. The zero-order valence-corrected chi connectivity index (χ0v) is 37.4. The Bertz CT molecular complexity index is 3790. The van der Waals surface area contributed by atoms with E-state index in [2.05, 4.69) is 278 Å². The quantitative estimate of drug-likeness (QED) is 0.138. The molecule has 0 atom stereocenters. The van der Waals surface area contributed by atoms with Crippen LogP contribution in [0, 0.1) is 0 Å². The van der Waals surface area contributed by atoms with Gasteiger partial charge in [0.15, 0.2) is 0 Å². The highest BCUT2D eigenvalue weighted by Crippen LogP contribution is 2.59. The molecule has 318 valence electrons. The van der Waals surface area contributed by atoms with E-state index in [0.29, 0.717) is 0 Å². The Hall–Kier alpha value is -8.78. The molecule has 0 fully saturated rings. The van der Waals surface area contributed by atoms with E-state index in [9.17, 15) is 0 Å². The van der Waals surface area contributed by atoms with Crippen LogP contribution >= 0.6 is 0 Å². The molecule has 0 heterocycles. The largest absolute Gasteiger partial charge is 0.310 e. The summed E-state index contributed by atoms with van der Waals surface area (Å²) in [4.78, 5) is 2.47. The van der Waals surface area contributed by atoms with Crippen LogP contribution in [0.25, 0.3) is 76.8 Å². The third kappa shape index (κ3) is 6.32. The molecule has 0 aromatic heterocycles. The van der Waals surface area contributed by atoms with Crippen LogP contribution in [0.1, 0.15) is 22.3 Å². The Balaban J connectivity index is 0.993. The minimum atomic E-state index is -0.518. The first kappa shape index (κ1) is 39.6. The Morgan fingerprint density at radius 1 is 0.265 bits per heavy atom. The lowest BCUT2D eigenvalue weighted by molar-refractivity contribution is 0.768. The van der Waals surface area contributed by atoms with Gasteiger partial charge < -0.3 is 4.90 Å². The lowest BCUT2D eigenvalue weighted by atomic mass is 9.68. The smallest absolute Gasteiger partial charge is 0.0714 e. The van der Waals surface area contributed by atoms with Crippen molar-refractivity contribution in [1.29, 1.82) is 0 Å². The van der Waals surface area contributed by atoms with Crippen molar-refractivity contribution in [2.24, 2.45) is 0 Å². The molecule has 1 nitrogen and oxygen atoms in total. The molecule has 13 rings (SSSR count). The molecule has 0 saturated heterocycles. The van der Waals surface area contributed by atoms with Gasteiger partial charge in [-0.2, -0.15) is 0 Å². The van der Waals surface area contributed by atoms with Crippen molar-refractivity contribution in [3.63, 3.8) is 0 Å². The lowest BCUT2D eigenvalue weighted by Crippen LogP contribution is -2.28. The molecule has 0 radical (unpaired) electrons.